The van der Waals surface area contributed by atoms with E-state index in [1.807, 2.05) is 37.8 Å². The summed E-state index contributed by atoms with van der Waals surface area (Å²) in [7, 11) is 0. The molecular weight excluding hydrogens is 350 g/mol. The fourth-order valence-corrected chi connectivity index (χ4v) is 3.27. The normalized spacial score (nSPS) is 17.4. The molecule has 0 saturated carbocycles. The molecule has 3 heterocycles. The number of nitrogens with one attached hydrogen (secondary N) is 1. The molecule has 1 amide bonds. The molecule has 7 heteroatoms. The highest BCUT2D eigenvalue weighted by atomic mass is 35.5. The molecule has 2 aromatic heterocycles. The van der Waals surface area contributed by atoms with Gasteiger partial charge in [-0.05, 0) is 45.2 Å². The van der Waals surface area contributed by atoms with E-state index < -0.39 is 5.41 Å². The summed E-state index contributed by atoms with van der Waals surface area (Å²) in [4.78, 5) is 28.2. The third-order valence-corrected chi connectivity index (χ3v) is 5.38. The number of carbonyl (C=O) groups is 1. The molecule has 0 aliphatic carbocycles. The lowest BCUT2D eigenvalue weighted by Crippen LogP contribution is -2.41. The molecule has 2 aromatic rings. The zero-order chi connectivity index (χ0) is 18.7. The van der Waals surface area contributed by atoms with Gasteiger partial charge in [-0.1, -0.05) is 6.07 Å². The lowest BCUT2D eigenvalue weighted by Gasteiger charge is -2.32. The summed E-state index contributed by atoms with van der Waals surface area (Å²) in [5, 5.41) is 3.28. The van der Waals surface area contributed by atoms with Gasteiger partial charge in [0.2, 0.25) is 5.91 Å². The van der Waals surface area contributed by atoms with Crippen LogP contribution in [0.4, 0.5) is 11.6 Å². The zero-order valence-corrected chi connectivity index (χ0v) is 16.1. The first kappa shape index (κ1) is 18.6. The van der Waals surface area contributed by atoms with Crippen LogP contribution in [0, 0.1) is 12.3 Å². The molecule has 0 spiro atoms. The molecule has 1 aliphatic heterocycles. The number of alkyl halides is 1. The van der Waals surface area contributed by atoms with Gasteiger partial charge in [-0.2, -0.15) is 0 Å². The second kappa shape index (κ2) is 7.58. The Labute approximate surface area is 159 Å². The summed E-state index contributed by atoms with van der Waals surface area (Å²) in [6.07, 6.45) is 6.85. The van der Waals surface area contributed by atoms with Crippen LogP contribution in [0.3, 0.4) is 0 Å². The fourth-order valence-electron chi connectivity index (χ4n) is 3.16. The van der Waals surface area contributed by atoms with Crippen molar-refractivity contribution in [2.24, 2.45) is 5.41 Å². The standard InChI is InChI=1S/C19H24ClN5O/c1-13-6-4-8-22-16(13)24-17-15(21-9-10-23-17)14-7-5-11-25(14)18(26)19(2,3)12-20/h4,6,8-10,14H,5,7,11-12H2,1-3H3,(H,22,23,24). The lowest BCUT2D eigenvalue weighted by molar-refractivity contribution is -0.140. The highest BCUT2D eigenvalue weighted by molar-refractivity contribution is 6.19. The SMILES string of the molecule is Cc1cccnc1Nc1nccnc1C1CCCN1C(=O)C(C)(C)CCl. The van der Waals surface area contributed by atoms with Gasteiger partial charge >= 0.3 is 0 Å². The second-order valence-corrected chi connectivity index (χ2v) is 7.53. The van der Waals surface area contributed by atoms with E-state index >= 15 is 0 Å². The molecule has 1 aliphatic rings. The Bertz CT molecular complexity index is 795. The molecule has 0 radical (unpaired) electrons. The van der Waals surface area contributed by atoms with Crippen molar-refractivity contribution in [1.82, 2.24) is 19.9 Å². The minimum absolute atomic E-state index is 0.0561. The van der Waals surface area contributed by atoms with Crippen LogP contribution in [0.5, 0.6) is 0 Å². The van der Waals surface area contributed by atoms with Crippen LogP contribution < -0.4 is 5.32 Å². The highest BCUT2D eigenvalue weighted by Gasteiger charge is 2.39. The molecule has 0 bridgehead atoms. The predicted octanol–water partition coefficient (Wildman–Crippen LogP) is 3.85. The second-order valence-electron chi connectivity index (χ2n) is 7.26. The number of rotatable bonds is 5. The molecule has 1 unspecified atom stereocenters. The van der Waals surface area contributed by atoms with Crippen molar-refractivity contribution in [3.05, 3.63) is 42.0 Å². The van der Waals surface area contributed by atoms with Crippen LogP contribution in [0.2, 0.25) is 0 Å². The molecule has 1 atom stereocenters. The van der Waals surface area contributed by atoms with E-state index in [9.17, 15) is 4.79 Å². The van der Waals surface area contributed by atoms with Crippen molar-refractivity contribution in [2.75, 3.05) is 17.7 Å². The molecule has 138 valence electrons. The number of aromatic nitrogens is 3. The Kier molecular flexibility index (Phi) is 5.41. The Morgan fingerprint density at radius 1 is 1.27 bits per heavy atom. The first-order chi connectivity index (χ1) is 12.4. The van der Waals surface area contributed by atoms with Gasteiger partial charge in [0.25, 0.3) is 0 Å². The number of likely N-dealkylation sites (tertiary alicyclic amines) is 1. The molecule has 1 fully saturated rings. The maximum absolute atomic E-state index is 13.0. The van der Waals surface area contributed by atoms with Crippen molar-refractivity contribution in [3.8, 4) is 0 Å². The van der Waals surface area contributed by atoms with Crippen LogP contribution in [0.25, 0.3) is 0 Å². The first-order valence-electron chi connectivity index (χ1n) is 8.80. The number of hydrogen-bond donors (Lipinski definition) is 1. The van der Waals surface area contributed by atoms with Gasteiger partial charge in [0, 0.05) is 31.0 Å². The highest BCUT2D eigenvalue weighted by Crippen LogP contribution is 2.37. The summed E-state index contributed by atoms with van der Waals surface area (Å²) in [5.74, 6) is 1.72. The average Bonchev–Trinajstić information content (AvgIpc) is 3.12. The summed E-state index contributed by atoms with van der Waals surface area (Å²) in [5.41, 5.74) is 1.19. The van der Waals surface area contributed by atoms with Crippen molar-refractivity contribution in [2.45, 2.75) is 39.7 Å². The number of amides is 1. The smallest absolute Gasteiger partial charge is 0.230 e. The number of pyridine rings is 1. The number of halogens is 1. The molecule has 6 nitrogen and oxygen atoms in total. The summed E-state index contributed by atoms with van der Waals surface area (Å²) in [6, 6.07) is 3.77. The molecule has 1 saturated heterocycles. The predicted molar refractivity (Wildman–Crippen MR) is 102 cm³/mol. The maximum Gasteiger partial charge on any atom is 0.230 e. The van der Waals surface area contributed by atoms with E-state index in [1.54, 1.807) is 18.6 Å². The van der Waals surface area contributed by atoms with Crippen LogP contribution in [-0.4, -0.2) is 38.2 Å². The van der Waals surface area contributed by atoms with Gasteiger partial charge in [0.15, 0.2) is 5.82 Å². The van der Waals surface area contributed by atoms with Gasteiger partial charge in [-0.15, -0.1) is 11.6 Å². The third-order valence-electron chi connectivity index (χ3n) is 4.72. The van der Waals surface area contributed by atoms with E-state index in [0.717, 1.165) is 29.9 Å². The topological polar surface area (TPSA) is 71.0 Å². The Hall–Kier alpha value is -2.21. The minimum Gasteiger partial charge on any atom is -0.333 e. The van der Waals surface area contributed by atoms with Crippen LogP contribution in [0.15, 0.2) is 30.7 Å². The van der Waals surface area contributed by atoms with E-state index in [1.165, 1.54) is 0 Å². The summed E-state index contributed by atoms with van der Waals surface area (Å²) in [6.45, 7) is 6.46. The molecule has 1 N–H and O–H groups in total. The third kappa shape index (κ3) is 3.65. The molecule has 26 heavy (non-hydrogen) atoms. The molecule has 3 rings (SSSR count). The van der Waals surface area contributed by atoms with E-state index in [2.05, 4.69) is 20.3 Å². The van der Waals surface area contributed by atoms with Gasteiger partial charge < -0.3 is 10.2 Å². The molecular formula is C19H24ClN5O. The van der Waals surface area contributed by atoms with Gasteiger partial charge in [-0.25, -0.2) is 9.97 Å². The monoisotopic (exact) mass is 373 g/mol. The number of hydrogen-bond acceptors (Lipinski definition) is 5. The first-order valence-corrected chi connectivity index (χ1v) is 9.34. The van der Waals surface area contributed by atoms with Crippen LogP contribution in [-0.2, 0) is 4.79 Å². The Balaban J connectivity index is 1.92. The van der Waals surface area contributed by atoms with Crippen molar-refractivity contribution in [3.63, 3.8) is 0 Å². The number of anilines is 2. The number of nitrogens with zero attached hydrogens (tertiary/aromatic N) is 4. The van der Waals surface area contributed by atoms with Crippen molar-refractivity contribution < 1.29 is 4.79 Å². The number of carbonyl (C=O) groups excluding carboxylic acids is 1. The Morgan fingerprint density at radius 3 is 2.73 bits per heavy atom. The van der Waals surface area contributed by atoms with Gasteiger partial charge in [0.1, 0.15) is 11.5 Å². The van der Waals surface area contributed by atoms with E-state index in [-0.39, 0.29) is 17.8 Å². The largest absolute Gasteiger partial charge is 0.333 e. The number of aryl methyl sites for hydroxylation is 1. The average molecular weight is 374 g/mol. The van der Waals surface area contributed by atoms with Crippen LogP contribution in [0.1, 0.15) is 44.0 Å². The zero-order valence-electron chi connectivity index (χ0n) is 15.4. The van der Waals surface area contributed by atoms with Crippen molar-refractivity contribution in [1.29, 1.82) is 0 Å². The van der Waals surface area contributed by atoms with Crippen LogP contribution >= 0.6 is 11.6 Å². The lowest BCUT2D eigenvalue weighted by atomic mass is 9.93. The maximum atomic E-state index is 13.0. The molecule has 0 aromatic carbocycles. The van der Waals surface area contributed by atoms with Gasteiger partial charge in [0.05, 0.1) is 11.5 Å². The summed E-state index contributed by atoms with van der Waals surface area (Å²) < 4.78 is 0. The van der Waals surface area contributed by atoms with Gasteiger partial charge in [-0.3, -0.25) is 9.78 Å². The van der Waals surface area contributed by atoms with E-state index in [4.69, 9.17) is 11.6 Å². The fraction of sp³-hybridized carbons (Fsp3) is 0.474. The quantitative estimate of drug-likeness (QED) is 0.806. The summed E-state index contributed by atoms with van der Waals surface area (Å²) >= 11 is 6.02. The van der Waals surface area contributed by atoms with Crippen molar-refractivity contribution >= 4 is 29.1 Å². The van der Waals surface area contributed by atoms with E-state index in [0.29, 0.717) is 12.4 Å². The Morgan fingerprint density at radius 2 is 2.00 bits per heavy atom. The minimum atomic E-state index is -0.600.